The van der Waals surface area contributed by atoms with Gasteiger partial charge in [0.05, 0.1) is 30.5 Å². The average molecular weight is 535 g/mol. The molecule has 1 spiro atoms. The molecule has 7 nitrogen and oxygen atoms in total. The Morgan fingerprint density at radius 2 is 1.70 bits per heavy atom. The lowest BCUT2D eigenvalue weighted by atomic mass is 9.70. The SMILES string of the molecule is COC(=O)C(O)C1CC2(CC[NH+]1Cc1ccccn1)C(=O)N(c1ccc(-c3ccccc3)cc1)c1ccccc12. The minimum Gasteiger partial charge on any atom is -0.467 e. The second kappa shape index (κ2) is 10.7. The highest BCUT2D eigenvalue weighted by atomic mass is 16.5. The predicted octanol–water partition coefficient (Wildman–Crippen LogP) is 3.45. The quantitative estimate of drug-likeness (QED) is 0.371. The Morgan fingerprint density at radius 1 is 1.00 bits per heavy atom. The van der Waals surface area contributed by atoms with Crippen molar-refractivity contribution < 1.29 is 24.3 Å². The van der Waals surface area contributed by atoms with Gasteiger partial charge in [0.1, 0.15) is 12.6 Å². The van der Waals surface area contributed by atoms with Crippen molar-refractivity contribution in [3.8, 4) is 11.1 Å². The normalized spacial score (nSPS) is 22.6. The third kappa shape index (κ3) is 4.47. The highest BCUT2D eigenvalue weighted by molar-refractivity contribution is 6.13. The van der Waals surface area contributed by atoms with E-state index in [1.807, 2.05) is 84.9 Å². The Bertz CT molecular complexity index is 1510. The van der Waals surface area contributed by atoms with Crippen molar-refractivity contribution in [2.75, 3.05) is 18.6 Å². The van der Waals surface area contributed by atoms with Crippen molar-refractivity contribution in [3.05, 3.63) is 115 Å². The van der Waals surface area contributed by atoms with Crippen molar-refractivity contribution in [2.24, 2.45) is 0 Å². The molecule has 0 saturated carbocycles. The Balaban J connectivity index is 1.36. The maximum atomic E-state index is 14.5. The van der Waals surface area contributed by atoms with E-state index < -0.39 is 23.5 Å². The molecular formula is C33H32N3O4+. The number of fused-ring (bicyclic) bond motifs is 2. The summed E-state index contributed by atoms with van der Waals surface area (Å²) in [7, 11) is 1.28. The van der Waals surface area contributed by atoms with E-state index in [-0.39, 0.29) is 5.91 Å². The van der Waals surface area contributed by atoms with Crippen LogP contribution in [-0.2, 0) is 26.3 Å². The van der Waals surface area contributed by atoms with Crippen LogP contribution in [0.25, 0.3) is 11.1 Å². The van der Waals surface area contributed by atoms with Crippen molar-refractivity contribution in [2.45, 2.75) is 36.9 Å². The summed E-state index contributed by atoms with van der Waals surface area (Å²) in [5.41, 5.74) is 4.78. The van der Waals surface area contributed by atoms with Crippen LogP contribution in [0, 0.1) is 0 Å². The van der Waals surface area contributed by atoms with Gasteiger partial charge < -0.3 is 14.7 Å². The molecule has 0 aliphatic carbocycles. The molecule has 0 radical (unpaired) electrons. The number of likely N-dealkylation sites (tertiary alicyclic amines) is 1. The number of para-hydroxylation sites is 1. The van der Waals surface area contributed by atoms with E-state index in [0.717, 1.165) is 38.7 Å². The zero-order valence-electron chi connectivity index (χ0n) is 22.4. The van der Waals surface area contributed by atoms with Gasteiger partial charge in [-0.3, -0.25) is 14.7 Å². The number of methoxy groups -OCH3 is 1. The summed E-state index contributed by atoms with van der Waals surface area (Å²) in [4.78, 5) is 34.3. The minimum atomic E-state index is -1.36. The standard InChI is InChI=1S/C33H31N3O4/c1-40-31(38)30(37)29-21-33(18-20-35(29)22-25-11-7-8-19-34-25)27-12-5-6-13-28(27)36(32(33)39)26-16-14-24(15-17-26)23-9-3-2-4-10-23/h2-17,19,29-30,37H,18,20-22H2,1H3/p+1. The molecule has 0 bridgehead atoms. The number of piperidine rings is 1. The number of rotatable bonds is 6. The number of hydrogen-bond acceptors (Lipinski definition) is 5. The maximum absolute atomic E-state index is 14.5. The van der Waals surface area contributed by atoms with Crippen molar-refractivity contribution in [1.29, 1.82) is 0 Å². The van der Waals surface area contributed by atoms with Crippen molar-refractivity contribution in [1.82, 2.24) is 4.98 Å². The average Bonchev–Trinajstić information content (AvgIpc) is 3.25. The number of amides is 1. The number of carbonyl (C=O) groups excluding carboxylic acids is 2. The monoisotopic (exact) mass is 534 g/mol. The largest absolute Gasteiger partial charge is 0.467 e. The first-order chi connectivity index (χ1) is 19.5. The molecule has 1 aromatic heterocycles. The van der Waals surface area contributed by atoms with Crippen LogP contribution >= 0.6 is 0 Å². The van der Waals surface area contributed by atoms with Crippen molar-refractivity contribution in [3.63, 3.8) is 0 Å². The van der Waals surface area contributed by atoms with Gasteiger partial charge in [-0.1, -0.05) is 66.7 Å². The molecule has 1 saturated heterocycles. The smallest absolute Gasteiger partial charge is 0.341 e. The van der Waals surface area contributed by atoms with Gasteiger partial charge >= 0.3 is 5.97 Å². The fourth-order valence-electron chi connectivity index (χ4n) is 6.40. The molecule has 3 heterocycles. The van der Waals surface area contributed by atoms with Gasteiger partial charge in [-0.2, -0.15) is 0 Å². The summed E-state index contributed by atoms with van der Waals surface area (Å²) >= 11 is 0. The lowest BCUT2D eigenvalue weighted by molar-refractivity contribution is -0.947. The van der Waals surface area contributed by atoms with Crippen LogP contribution in [0.4, 0.5) is 11.4 Å². The molecule has 2 N–H and O–H groups in total. The molecule has 2 aliphatic heterocycles. The van der Waals surface area contributed by atoms with Gasteiger partial charge in [0.15, 0.2) is 0 Å². The number of nitrogens with zero attached hydrogens (tertiary/aromatic N) is 2. The number of carbonyl (C=O) groups is 2. The first-order valence-corrected chi connectivity index (χ1v) is 13.6. The summed E-state index contributed by atoms with van der Waals surface area (Å²) in [5.74, 6) is -0.715. The number of pyridine rings is 1. The van der Waals surface area contributed by atoms with Gasteiger partial charge in [-0.25, -0.2) is 4.79 Å². The fourth-order valence-corrected chi connectivity index (χ4v) is 6.40. The topological polar surface area (TPSA) is 84.2 Å². The number of hydrogen-bond donors (Lipinski definition) is 2. The zero-order valence-corrected chi connectivity index (χ0v) is 22.4. The lowest BCUT2D eigenvalue weighted by Gasteiger charge is -2.42. The highest BCUT2D eigenvalue weighted by Crippen LogP contribution is 2.50. The van der Waals surface area contributed by atoms with Gasteiger partial charge in [0, 0.05) is 24.7 Å². The van der Waals surface area contributed by atoms with E-state index in [0.29, 0.717) is 25.9 Å². The Hall–Kier alpha value is -4.33. The number of aliphatic hydroxyl groups excluding tert-OH is 1. The molecule has 202 valence electrons. The molecule has 40 heavy (non-hydrogen) atoms. The van der Waals surface area contributed by atoms with Crippen LogP contribution in [0.1, 0.15) is 24.1 Å². The Kier molecular flexibility index (Phi) is 6.92. The first kappa shape index (κ1) is 25.9. The number of aliphatic hydroxyl groups is 1. The maximum Gasteiger partial charge on any atom is 0.341 e. The van der Waals surface area contributed by atoms with E-state index in [9.17, 15) is 14.7 Å². The summed E-state index contributed by atoms with van der Waals surface area (Å²) in [6, 6.07) is 31.3. The van der Waals surface area contributed by atoms with Gasteiger partial charge in [-0.15, -0.1) is 0 Å². The summed E-state index contributed by atoms with van der Waals surface area (Å²) in [6.07, 6.45) is 1.29. The molecule has 4 unspecified atom stereocenters. The number of benzene rings is 3. The van der Waals surface area contributed by atoms with E-state index in [1.165, 1.54) is 7.11 Å². The minimum absolute atomic E-state index is 0.0277. The van der Waals surface area contributed by atoms with Gasteiger partial charge in [0.25, 0.3) is 0 Å². The number of esters is 1. The van der Waals surface area contributed by atoms with Gasteiger partial charge in [-0.05, 0) is 47.0 Å². The Morgan fingerprint density at radius 3 is 2.42 bits per heavy atom. The fraction of sp³-hybridized carbons (Fsp3) is 0.242. The second-order valence-corrected chi connectivity index (χ2v) is 10.6. The van der Waals surface area contributed by atoms with Crippen LogP contribution < -0.4 is 9.80 Å². The van der Waals surface area contributed by atoms with E-state index in [4.69, 9.17) is 4.74 Å². The molecule has 1 amide bonds. The third-order valence-electron chi connectivity index (χ3n) is 8.43. The van der Waals surface area contributed by atoms with E-state index >= 15 is 0 Å². The number of ether oxygens (including phenoxy) is 1. The summed E-state index contributed by atoms with van der Waals surface area (Å²) < 4.78 is 4.94. The van der Waals surface area contributed by atoms with E-state index in [2.05, 4.69) is 17.1 Å². The molecule has 6 rings (SSSR count). The second-order valence-electron chi connectivity index (χ2n) is 10.6. The molecule has 1 fully saturated rings. The summed E-state index contributed by atoms with van der Waals surface area (Å²) in [5, 5.41) is 11.1. The number of nitrogens with one attached hydrogen (secondary N) is 1. The third-order valence-corrected chi connectivity index (χ3v) is 8.43. The van der Waals surface area contributed by atoms with Crippen LogP contribution in [0.2, 0.25) is 0 Å². The molecule has 2 aliphatic rings. The van der Waals surface area contributed by atoms with Crippen LogP contribution in [0.3, 0.4) is 0 Å². The molecule has 7 heteroatoms. The van der Waals surface area contributed by atoms with Crippen LogP contribution in [0.15, 0.2) is 103 Å². The number of quaternary nitrogens is 1. The zero-order chi connectivity index (χ0) is 27.7. The number of aromatic nitrogens is 1. The number of anilines is 2. The van der Waals surface area contributed by atoms with Crippen LogP contribution in [0.5, 0.6) is 0 Å². The van der Waals surface area contributed by atoms with Crippen LogP contribution in [-0.4, -0.2) is 47.8 Å². The predicted molar refractivity (Wildman–Crippen MR) is 152 cm³/mol. The Labute approximate surface area is 233 Å². The molecule has 3 aromatic carbocycles. The first-order valence-electron chi connectivity index (χ1n) is 13.6. The molecule has 4 aromatic rings. The summed E-state index contributed by atoms with van der Waals surface area (Å²) in [6.45, 7) is 1.13. The molecule has 4 atom stereocenters. The van der Waals surface area contributed by atoms with E-state index in [1.54, 1.807) is 11.1 Å². The molecular weight excluding hydrogens is 502 g/mol. The lowest BCUT2D eigenvalue weighted by Crippen LogP contribution is -3.17. The van der Waals surface area contributed by atoms with Gasteiger partial charge in [0.2, 0.25) is 12.0 Å². The highest BCUT2D eigenvalue weighted by Gasteiger charge is 2.58. The van der Waals surface area contributed by atoms with Crippen molar-refractivity contribution >= 4 is 23.3 Å².